The van der Waals surface area contributed by atoms with E-state index in [-0.39, 0.29) is 11.1 Å². The zero-order valence-corrected chi connectivity index (χ0v) is 13.7. The minimum absolute atomic E-state index is 0.185. The molecule has 0 spiro atoms. The van der Waals surface area contributed by atoms with E-state index in [0.29, 0.717) is 24.0 Å². The molecule has 0 unspecified atom stereocenters. The maximum absolute atomic E-state index is 11.6. The summed E-state index contributed by atoms with van der Waals surface area (Å²) in [5.74, 6) is 0.258. The molecule has 0 bridgehead atoms. The molecule has 22 heavy (non-hydrogen) atoms. The highest BCUT2D eigenvalue weighted by atomic mass is 32.2. The monoisotopic (exact) mass is 340 g/mol. The van der Waals surface area contributed by atoms with Crippen molar-refractivity contribution in [2.75, 3.05) is 25.2 Å². The Labute approximate surface area is 132 Å². The second-order valence-corrected chi connectivity index (χ2v) is 8.09. The van der Waals surface area contributed by atoms with Gasteiger partial charge >= 0.3 is 0 Å². The second kappa shape index (κ2) is 5.90. The number of nitrogens with two attached hydrogens (primary N) is 1. The Morgan fingerprint density at radius 2 is 2.05 bits per heavy atom. The zero-order valence-electron chi connectivity index (χ0n) is 12.0. The van der Waals surface area contributed by atoms with Crippen molar-refractivity contribution in [3.8, 4) is 10.6 Å². The molecular weight excluding hydrogens is 324 g/mol. The first-order valence-electron chi connectivity index (χ1n) is 6.82. The van der Waals surface area contributed by atoms with Crippen molar-refractivity contribution >= 4 is 26.3 Å². The third-order valence-electron chi connectivity index (χ3n) is 3.48. The third kappa shape index (κ3) is 3.11. The number of ether oxygens (including phenoxy) is 1. The summed E-state index contributed by atoms with van der Waals surface area (Å²) in [4.78, 5) is 13.2. The molecule has 0 atom stereocenters. The average molecular weight is 340 g/mol. The second-order valence-electron chi connectivity index (χ2n) is 5.15. The van der Waals surface area contributed by atoms with Crippen LogP contribution in [0.25, 0.3) is 10.6 Å². The van der Waals surface area contributed by atoms with Gasteiger partial charge in [0.1, 0.15) is 0 Å². The molecule has 2 N–H and O–H groups in total. The summed E-state index contributed by atoms with van der Waals surface area (Å²) < 4.78 is 28.6. The van der Waals surface area contributed by atoms with Crippen LogP contribution in [0, 0.1) is 0 Å². The Morgan fingerprint density at radius 3 is 2.73 bits per heavy atom. The zero-order chi connectivity index (χ0) is 15.7. The maximum Gasteiger partial charge on any atom is 0.247 e. The van der Waals surface area contributed by atoms with E-state index in [2.05, 4.69) is 15.0 Å². The Morgan fingerprint density at radius 1 is 1.32 bits per heavy atom. The van der Waals surface area contributed by atoms with E-state index in [0.717, 1.165) is 29.7 Å². The molecule has 3 rings (SSSR count). The van der Waals surface area contributed by atoms with Crippen LogP contribution in [-0.4, -0.2) is 42.8 Å². The van der Waals surface area contributed by atoms with Crippen LogP contribution in [0.5, 0.6) is 0 Å². The largest absolute Gasteiger partial charge is 0.381 e. The molecule has 0 aromatic carbocycles. The number of hydrogen-bond acceptors (Lipinski definition) is 8. The van der Waals surface area contributed by atoms with Crippen molar-refractivity contribution in [3.63, 3.8) is 0 Å². The fourth-order valence-corrected chi connectivity index (χ4v) is 3.83. The summed E-state index contributed by atoms with van der Waals surface area (Å²) in [6.07, 6.45) is 4.29. The van der Waals surface area contributed by atoms with Gasteiger partial charge in [0.25, 0.3) is 0 Å². The molecule has 1 fully saturated rings. The van der Waals surface area contributed by atoms with Gasteiger partial charge in [-0.3, -0.25) is 0 Å². The number of nitrogen functional groups attached to an aromatic ring is 1. The van der Waals surface area contributed by atoms with Crippen molar-refractivity contribution in [1.29, 1.82) is 0 Å². The predicted octanol–water partition coefficient (Wildman–Crippen LogP) is 1.48. The molecule has 118 valence electrons. The number of anilines is 1. The fourth-order valence-electron chi connectivity index (χ4n) is 2.43. The lowest BCUT2D eigenvalue weighted by Crippen LogP contribution is -2.15. The average Bonchev–Trinajstić information content (AvgIpc) is 2.89. The molecule has 1 saturated heterocycles. The lowest BCUT2D eigenvalue weighted by Gasteiger charge is -2.21. The summed E-state index contributed by atoms with van der Waals surface area (Å²) in [5, 5.41) is 0.269. The van der Waals surface area contributed by atoms with E-state index in [1.807, 2.05) is 0 Å². The van der Waals surface area contributed by atoms with Crippen molar-refractivity contribution in [3.05, 3.63) is 18.0 Å². The lowest BCUT2D eigenvalue weighted by molar-refractivity contribution is 0.0847. The smallest absolute Gasteiger partial charge is 0.247 e. The summed E-state index contributed by atoms with van der Waals surface area (Å²) in [6.45, 7) is 1.39. The molecule has 7 nitrogen and oxygen atoms in total. The van der Waals surface area contributed by atoms with Crippen molar-refractivity contribution < 1.29 is 13.2 Å². The highest BCUT2D eigenvalue weighted by molar-refractivity contribution is 7.90. The lowest BCUT2D eigenvalue weighted by atomic mass is 9.95. The van der Waals surface area contributed by atoms with Gasteiger partial charge in [0.2, 0.25) is 15.0 Å². The Balaban J connectivity index is 2.05. The number of sulfone groups is 1. The molecule has 0 radical (unpaired) electrons. The summed E-state index contributed by atoms with van der Waals surface area (Å²) in [6, 6.07) is 1.68. The maximum atomic E-state index is 11.6. The molecule has 1 aliphatic rings. The van der Waals surface area contributed by atoms with Crippen LogP contribution < -0.4 is 5.73 Å². The van der Waals surface area contributed by atoms with Gasteiger partial charge in [0, 0.05) is 31.6 Å². The van der Waals surface area contributed by atoms with Gasteiger partial charge in [-0.25, -0.2) is 23.4 Å². The van der Waals surface area contributed by atoms with Crippen LogP contribution in [0.15, 0.2) is 17.4 Å². The van der Waals surface area contributed by atoms with Gasteiger partial charge in [0.15, 0.2) is 5.13 Å². The van der Waals surface area contributed by atoms with E-state index in [9.17, 15) is 8.42 Å². The van der Waals surface area contributed by atoms with Gasteiger partial charge in [-0.05, 0) is 18.9 Å². The number of hydrogen-bond donors (Lipinski definition) is 1. The van der Waals surface area contributed by atoms with E-state index >= 15 is 0 Å². The minimum Gasteiger partial charge on any atom is -0.381 e. The fraction of sp³-hybridized carbons (Fsp3) is 0.462. The number of nitrogens with zero attached hydrogens (tertiary/aromatic N) is 3. The van der Waals surface area contributed by atoms with Crippen molar-refractivity contribution in [1.82, 2.24) is 15.0 Å². The van der Waals surface area contributed by atoms with Crippen LogP contribution in [0.4, 0.5) is 5.13 Å². The molecule has 1 aliphatic heterocycles. The van der Waals surface area contributed by atoms with Crippen molar-refractivity contribution in [2.24, 2.45) is 0 Å². The molecule has 9 heteroatoms. The first kappa shape index (κ1) is 15.3. The number of aromatic nitrogens is 3. The predicted molar refractivity (Wildman–Crippen MR) is 83.5 cm³/mol. The SMILES string of the molecule is CS(=O)(=O)c1nccc(-c2sc(N)nc2C2CCOCC2)n1. The van der Waals surface area contributed by atoms with Crippen LogP contribution >= 0.6 is 11.3 Å². The molecule has 0 amide bonds. The molecule has 2 aromatic rings. The van der Waals surface area contributed by atoms with E-state index < -0.39 is 9.84 Å². The van der Waals surface area contributed by atoms with E-state index in [1.54, 1.807) is 6.07 Å². The van der Waals surface area contributed by atoms with Crippen molar-refractivity contribution in [2.45, 2.75) is 23.9 Å². The molecular formula is C13H16N4O3S2. The van der Waals surface area contributed by atoms with E-state index in [4.69, 9.17) is 10.5 Å². The quantitative estimate of drug-likeness (QED) is 0.843. The molecule has 3 heterocycles. The Bertz CT molecular complexity index is 782. The van der Waals surface area contributed by atoms with Crippen LogP contribution in [0.3, 0.4) is 0 Å². The summed E-state index contributed by atoms with van der Waals surface area (Å²) >= 11 is 1.32. The molecule has 2 aromatic heterocycles. The Kier molecular flexibility index (Phi) is 4.11. The van der Waals surface area contributed by atoms with Gasteiger partial charge in [-0.2, -0.15) is 0 Å². The van der Waals surface area contributed by atoms with Gasteiger partial charge in [-0.1, -0.05) is 11.3 Å². The third-order valence-corrected chi connectivity index (χ3v) is 5.26. The Hall–Kier alpha value is -1.58. The normalized spacial score (nSPS) is 16.8. The van der Waals surface area contributed by atoms with E-state index in [1.165, 1.54) is 17.5 Å². The van der Waals surface area contributed by atoms with Crippen LogP contribution in [0.2, 0.25) is 0 Å². The topological polar surface area (TPSA) is 108 Å². The van der Waals surface area contributed by atoms with Crippen LogP contribution in [-0.2, 0) is 14.6 Å². The van der Waals surface area contributed by atoms with Gasteiger partial charge in [0.05, 0.1) is 16.3 Å². The first-order chi connectivity index (χ1) is 10.4. The first-order valence-corrected chi connectivity index (χ1v) is 9.53. The van der Waals surface area contributed by atoms with Crippen LogP contribution in [0.1, 0.15) is 24.5 Å². The van der Waals surface area contributed by atoms with Gasteiger partial charge in [-0.15, -0.1) is 0 Å². The summed E-state index contributed by atoms with van der Waals surface area (Å²) in [5.41, 5.74) is 7.29. The van der Waals surface area contributed by atoms with Gasteiger partial charge < -0.3 is 10.5 Å². The molecule has 0 saturated carbocycles. The minimum atomic E-state index is -3.45. The highest BCUT2D eigenvalue weighted by Crippen LogP contribution is 2.38. The molecule has 0 aliphatic carbocycles. The standard InChI is InChI=1S/C13H16N4O3S2/c1-22(18,19)13-15-5-2-9(16-13)11-10(17-12(14)21-11)8-3-6-20-7-4-8/h2,5,8H,3-4,6-7H2,1H3,(H2,14,17). The summed E-state index contributed by atoms with van der Waals surface area (Å²) in [7, 11) is -3.45. The highest BCUT2D eigenvalue weighted by Gasteiger charge is 2.24. The number of thiazole rings is 1. The number of rotatable bonds is 3.